The maximum absolute atomic E-state index is 12.5. The molecule has 124 valence electrons. The van der Waals surface area contributed by atoms with Crippen LogP contribution in [-0.2, 0) is 14.8 Å². The van der Waals surface area contributed by atoms with Gasteiger partial charge in [0.15, 0.2) is 0 Å². The predicted molar refractivity (Wildman–Crippen MR) is 89.3 cm³/mol. The number of ether oxygens (including phenoxy) is 1. The molecule has 0 aliphatic carbocycles. The molecule has 4 nitrogen and oxygen atoms in total. The predicted octanol–water partition coefficient (Wildman–Crippen LogP) is 3.18. The van der Waals surface area contributed by atoms with Crippen LogP contribution in [0.3, 0.4) is 0 Å². The first kappa shape index (κ1) is 17.4. The van der Waals surface area contributed by atoms with E-state index in [2.05, 4.69) is 4.72 Å². The van der Waals surface area contributed by atoms with Gasteiger partial charge in [0.1, 0.15) is 0 Å². The second-order valence-electron chi connectivity index (χ2n) is 6.47. The van der Waals surface area contributed by atoms with Crippen LogP contribution >= 0.6 is 0 Å². The van der Waals surface area contributed by atoms with E-state index in [1.54, 1.807) is 0 Å². The van der Waals surface area contributed by atoms with Gasteiger partial charge in [-0.3, -0.25) is 0 Å². The molecule has 0 radical (unpaired) electrons. The fraction of sp³-hybridized carbons (Fsp3) is 0.647. The van der Waals surface area contributed by atoms with Gasteiger partial charge in [-0.05, 0) is 43.2 Å². The van der Waals surface area contributed by atoms with Gasteiger partial charge in [-0.25, -0.2) is 13.1 Å². The summed E-state index contributed by atoms with van der Waals surface area (Å²) in [4.78, 5) is 0. The highest BCUT2D eigenvalue weighted by Crippen LogP contribution is 2.26. The number of hydrogen-bond acceptors (Lipinski definition) is 3. The summed E-state index contributed by atoms with van der Waals surface area (Å²) in [5.74, 6) is 0.241. The van der Waals surface area contributed by atoms with Crippen LogP contribution in [0, 0.1) is 12.8 Å². The van der Waals surface area contributed by atoms with Crippen molar-refractivity contribution in [2.45, 2.75) is 52.2 Å². The van der Waals surface area contributed by atoms with Crippen LogP contribution in [0.15, 0.2) is 24.3 Å². The van der Waals surface area contributed by atoms with Crippen LogP contribution in [-0.4, -0.2) is 26.9 Å². The molecule has 1 fully saturated rings. The monoisotopic (exact) mass is 325 g/mol. The van der Waals surface area contributed by atoms with E-state index >= 15 is 0 Å². The van der Waals surface area contributed by atoms with Gasteiger partial charge >= 0.3 is 0 Å². The molecule has 1 saturated heterocycles. The Morgan fingerprint density at radius 3 is 2.59 bits per heavy atom. The summed E-state index contributed by atoms with van der Waals surface area (Å²) in [6.07, 6.45) is 2.74. The van der Waals surface area contributed by atoms with Gasteiger partial charge < -0.3 is 4.74 Å². The third-order valence-electron chi connectivity index (χ3n) is 4.18. The van der Waals surface area contributed by atoms with Crippen LogP contribution in [0.1, 0.15) is 50.3 Å². The average molecular weight is 325 g/mol. The number of rotatable bonds is 6. The first-order valence-corrected chi connectivity index (χ1v) is 9.71. The van der Waals surface area contributed by atoms with Crippen molar-refractivity contribution >= 4 is 10.0 Å². The smallest absolute Gasteiger partial charge is 0.214 e. The first-order valence-electron chi connectivity index (χ1n) is 8.06. The van der Waals surface area contributed by atoms with E-state index in [0.717, 1.165) is 30.4 Å². The molecule has 2 atom stereocenters. The molecule has 2 rings (SSSR count). The molecular formula is C17H27NO3S. The molecule has 1 aliphatic heterocycles. The molecule has 0 saturated carbocycles. The lowest BCUT2D eigenvalue weighted by molar-refractivity contribution is 0.0303. The Hall–Kier alpha value is -0.910. The summed E-state index contributed by atoms with van der Waals surface area (Å²) < 4.78 is 33.5. The Bertz CT molecular complexity index is 577. The van der Waals surface area contributed by atoms with Crippen LogP contribution < -0.4 is 4.72 Å². The van der Waals surface area contributed by atoms with Crippen LogP contribution in [0.25, 0.3) is 0 Å². The Morgan fingerprint density at radius 1 is 1.27 bits per heavy atom. The van der Waals surface area contributed by atoms with E-state index < -0.39 is 10.0 Å². The zero-order valence-electron chi connectivity index (χ0n) is 13.7. The van der Waals surface area contributed by atoms with E-state index in [0.29, 0.717) is 6.61 Å². The highest BCUT2D eigenvalue weighted by molar-refractivity contribution is 7.89. The van der Waals surface area contributed by atoms with Crippen molar-refractivity contribution in [3.63, 3.8) is 0 Å². The molecule has 1 heterocycles. The quantitative estimate of drug-likeness (QED) is 0.874. The minimum absolute atomic E-state index is 0.0576. The molecule has 5 heteroatoms. The van der Waals surface area contributed by atoms with Gasteiger partial charge in [0.05, 0.1) is 11.9 Å². The molecule has 1 aromatic carbocycles. The van der Waals surface area contributed by atoms with Crippen molar-refractivity contribution in [1.82, 2.24) is 4.72 Å². The van der Waals surface area contributed by atoms with E-state index in [1.807, 2.05) is 45.0 Å². The number of hydrogen-bond donors (Lipinski definition) is 1. The molecule has 1 aliphatic rings. The molecule has 22 heavy (non-hydrogen) atoms. The van der Waals surface area contributed by atoms with Crippen LogP contribution in [0.4, 0.5) is 0 Å². The van der Waals surface area contributed by atoms with E-state index in [4.69, 9.17) is 4.74 Å². The molecule has 0 bridgehead atoms. The summed E-state index contributed by atoms with van der Waals surface area (Å²) in [5.41, 5.74) is 2.16. The van der Waals surface area contributed by atoms with Crippen molar-refractivity contribution in [3.05, 3.63) is 35.4 Å². The fourth-order valence-electron chi connectivity index (χ4n) is 2.92. The first-order chi connectivity index (χ1) is 10.4. The molecular weight excluding hydrogens is 298 g/mol. The number of sulfonamides is 1. The Morgan fingerprint density at radius 2 is 2.00 bits per heavy atom. The lowest BCUT2D eigenvalue weighted by atomic mass is 9.94. The summed E-state index contributed by atoms with van der Waals surface area (Å²) in [6.45, 7) is 6.77. The molecule has 0 spiro atoms. The Labute approximate surface area is 134 Å². The second kappa shape index (κ2) is 7.57. The molecule has 1 N–H and O–H groups in total. The summed E-state index contributed by atoms with van der Waals surface area (Å²) >= 11 is 0. The van der Waals surface area contributed by atoms with Crippen molar-refractivity contribution < 1.29 is 13.2 Å². The third kappa shape index (κ3) is 4.80. The zero-order valence-corrected chi connectivity index (χ0v) is 14.5. The summed E-state index contributed by atoms with van der Waals surface area (Å²) in [5, 5.41) is 0. The molecule has 0 aromatic heterocycles. The lowest BCUT2D eigenvalue weighted by Gasteiger charge is -2.27. The Balaban J connectivity index is 2.11. The average Bonchev–Trinajstić information content (AvgIpc) is 2.46. The van der Waals surface area contributed by atoms with Gasteiger partial charge in [-0.2, -0.15) is 0 Å². The van der Waals surface area contributed by atoms with Crippen LogP contribution in [0.5, 0.6) is 0 Å². The lowest BCUT2D eigenvalue weighted by Crippen LogP contribution is -2.38. The maximum Gasteiger partial charge on any atom is 0.214 e. The SMILES string of the molecule is Cc1ccccc1[C@@H](NS(=O)(=O)C[C@@H]1CCCCO1)C(C)C. The maximum atomic E-state index is 12.5. The summed E-state index contributed by atoms with van der Waals surface area (Å²) in [6, 6.07) is 7.74. The van der Waals surface area contributed by atoms with E-state index in [1.165, 1.54) is 0 Å². The molecule has 0 amide bonds. The standard InChI is InChI=1S/C17H27NO3S/c1-13(2)17(16-10-5-4-8-14(16)3)18-22(19,20)12-15-9-6-7-11-21-15/h4-5,8,10,13,15,17-18H,6-7,9,11-12H2,1-3H3/t15-,17-/m0/s1. The Kier molecular flexibility index (Phi) is 6.01. The number of nitrogens with one attached hydrogen (secondary N) is 1. The van der Waals surface area contributed by atoms with Crippen molar-refractivity contribution in [3.8, 4) is 0 Å². The highest BCUT2D eigenvalue weighted by Gasteiger charge is 2.27. The summed E-state index contributed by atoms with van der Waals surface area (Å²) in [7, 11) is -3.37. The van der Waals surface area contributed by atoms with Gasteiger partial charge in [-0.15, -0.1) is 0 Å². The highest BCUT2D eigenvalue weighted by atomic mass is 32.2. The zero-order chi connectivity index (χ0) is 16.2. The topological polar surface area (TPSA) is 55.4 Å². The van der Waals surface area contributed by atoms with E-state index in [-0.39, 0.29) is 23.8 Å². The molecule has 1 aromatic rings. The van der Waals surface area contributed by atoms with Crippen molar-refractivity contribution in [1.29, 1.82) is 0 Å². The van der Waals surface area contributed by atoms with E-state index in [9.17, 15) is 8.42 Å². The second-order valence-corrected chi connectivity index (χ2v) is 8.26. The minimum atomic E-state index is -3.37. The number of aryl methyl sites for hydroxylation is 1. The minimum Gasteiger partial charge on any atom is -0.377 e. The van der Waals surface area contributed by atoms with Gasteiger partial charge in [-0.1, -0.05) is 38.1 Å². The molecule has 0 unspecified atom stereocenters. The van der Waals surface area contributed by atoms with Gasteiger partial charge in [0, 0.05) is 12.6 Å². The fourth-order valence-corrected chi connectivity index (χ4v) is 4.55. The normalized spacial score (nSPS) is 21.0. The third-order valence-corrected chi connectivity index (χ3v) is 5.60. The van der Waals surface area contributed by atoms with Crippen molar-refractivity contribution in [2.75, 3.05) is 12.4 Å². The van der Waals surface area contributed by atoms with Gasteiger partial charge in [0.25, 0.3) is 0 Å². The van der Waals surface area contributed by atoms with Crippen LogP contribution in [0.2, 0.25) is 0 Å². The largest absolute Gasteiger partial charge is 0.377 e. The van der Waals surface area contributed by atoms with Crippen molar-refractivity contribution in [2.24, 2.45) is 5.92 Å². The van der Waals surface area contributed by atoms with Gasteiger partial charge in [0.2, 0.25) is 10.0 Å². The number of benzene rings is 1.